The zero-order valence-electron chi connectivity index (χ0n) is 9.30. The summed E-state index contributed by atoms with van der Waals surface area (Å²) >= 11 is 1.43. The minimum Gasteiger partial charge on any atom is -0.384 e. The average Bonchev–Trinajstić information content (AvgIpc) is 2.25. The van der Waals surface area contributed by atoms with E-state index in [0.29, 0.717) is 22.4 Å². The molecule has 0 saturated carbocycles. The summed E-state index contributed by atoms with van der Waals surface area (Å²) in [5.41, 5.74) is 7.01. The Balaban J connectivity index is 2.09. The van der Waals surface area contributed by atoms with Crippen LogP contribution >= 0.6 is 11.8 Å². The number of nitrogen functional groups attached to an aromatic ring is 1. The van der Waals surface area contributed by atoms with E-state index in [1.165, 1.54) is 17.8 Å². The van der Waals surface area contributed by atoms with Gasteiger partial charge in [0.25, 0.3) is 5.56 Å². The lowest BCUT2D eigenvalue weighted by molar-refractivity contribution is 0.904. The summed E-state index contributed by atoms with van der Waals surface area (Å²) in [4.78, 5) is 22.3. The first-order valence-corrected chi connectivity index (χ1v) is 6.04. The lowest BCUT2D eigenvalue weighted by Gasteiger charge is -2.02. The number of rotatable bonds is 3. The monoisotopic (exact) mass is 248 g/mol. The molecule has 0 spiro atoms. The highest BCUT2D eigenvalue weighted by molar-refractivity contribution is 7.98. The Bertz CT molecular complexity index is 582. The molecule has 88 valence electrons. The summed E-state index contributed by atoms with van der Waals surface area (Å²) in [5, 5.41) is 0.597. The van der Waals surface area contributed by atoms with Gasteiger partial charge < -0.3 is 10.7 Å². The van der Waals surface area contributed by atoms with E-state index in [2.05, 4.69) is 15.0 Å². The van der Waals surface area contributed by atoms with Crippen LogP contribution in [0.1, 0.15) is 11.4 Å². The van der Waals surface area contributed by atoms with Gasteiger partial charge in [0.2, 0.25) is 0 Å². The van der Waals surface area contributed by atoms with Gasteiger partial charge in [-0.05, 0) is 19.1 Å². The van der Waals surface area contributed by atoms with Gasteiger partial charge in [-0.1, -0.05) is 17.8 Å². The molecule has 0 atom stereocenters. The van der Waals surface area contributed by atoms with Crippen LogP contribution in [-0.2, 0) is 5.75 Å². The molecule has 2 aromatic heterocycles. The van der Waals surface area contributed by atoms with Crippen molar-refractivity contribution >= 4 is 17.6 Å². The van der Waals surface area contributed by atoms with Crippen LogP contribution in [0.4, 0.5) is 5.82 Å². The van der Waals surface area contributed by atoms with Crippen molar-refractivity contribution in [3.05, 3.63) is 46.0 Å². The van der Waals surface area contributed by atoms with Gasteiger partial charge in [-0.2, -0.15) is 0 Å². The van der Waals surface area contributed by atoms with Crippen molar-refractivity contribution in [3.63, 3.8) is 0 Å². The second kappa shape index (κ2) is 5.01. The maximum Gasteiger partial charge on any atom is 0.251 e. The summed E-state index contributed by atoms with van der Waals surface area (Å²) in [6.45, 7) is 1.79. The minimum absolute atomic E-state index is 0.138. The minimum atomic E-state index is -0.138. The lowest BCUT2D eigenvalue weighted by atomic mass is 10.4. The largest absolute Gasteiger partial charge is 0.384 e. The van der Waals surface area contributed by atoms with E-state index in [4.69, 9.17) is 5.73 Å². The number of pyridine rings is 1. The Hall–Kier alpha value is -1.82. The number of thioether (sulfide) groups is 1. The van der Waals surface area contributed by atoms with Crippen molar-refractivity contribution < 1.29 is 0 Å². The smallest absolute Gasteiger partial charge is 0.251 e. The molecule has 0 bridgehead atoms. The number of aromatic amines is 1. The molecule has 0 fully saturated rings. The zero-order valence-corrected chi connectivity index (χ0v) is 10.1. The molecule has 2 rings (SSSR count). The van der Waals surface area contributed by atoms with Gasteiger partial charge in [-0.25, -0.2) is 9.97 Å². The number of anilines is 1. The molecule has 0 aromatic carbocycles. The van der Waals surface area contributed by atoms with E-state index >= 15 is 0 Å². The number of aromatic nitrogens is 3. The Morgan fingerprint density at radius 2 is 2.24 bits per heavy atom. The van der Waals surface area contributed by atoms with Crippen molar-refractivity contribution in [3.8, 4) is 0 Å². The van der Waals surface area contributed by atoms with E-state index in [1.807, 2.05) is 12.1 Å². The summed E-state index contributed by atoms with van der Waals surface area (Å²) < 4.78 is 0. The van der Waals surface area contributed by atoms with Gasteiger partial charge in [0.1, 0.15) is 5.82 Å². The molecule has 17 heavy (non-hydrogen) atoms. The van der Waals surface area contributed by atoms with Crippen molar-refractivity contribution in [1.29, 1.82) is 0 Å². The topological polar surface area (TPSA) is 84.7 Å². The van der Waals surface area contributed by atoms with Gasteiger partial charge in [0, 0.05) is 17.5 Å². The second-order valence-electron chi connectivity index (χ2n) is 3.53. The van der Waals surface area contributed by atoms with Crippen molar-refractivity contribution in [2.75, 3.05) is 5.73 Å². The second-order valence-corrected chi connectivity index (χ2v) is 4.50. The van der Waals surface area contributed by atoms with E-state index < -0.39 is 0 Å². The molecule has 3 N–H and O–H groups in total. The van der Waals surface area contributed by atoms with Crippen LogP contribution in [0.25, 0.3) is 0 Å². The maximum absolute atomic E-state index is 11.2. The SMILES string of the molecule is Cc1cc(=O)[nH]c(SCc2cccc(N)n2)n1. The quantitative estimate of drug-likeness (QED) is 0.632. The van der Waals surface area contributed by atoms with Crippen LogP contribution < -0.4 is 11.3 Å². The number of nitrogens with two attached hydrogens (primary N) is 1. The predicted molar refractivity (Wildman–Crippen MR) is 67.8 cm³/mol. The number of hydrogen-bond donors (Lipinski definition) is 2. The van der Waals surface area contributed by atoms with E-state index in [-0.39, 0.29) is 5.56 Å². The summed E-state index contributed by atoms with van der Waals surface area (Å²) in [6.07, 6.45) is 0. The molecule has 0 aliphatic carbocycles. The van der Waals surface area contributed by atoms with E-state index in [1.54, 1.807) is 13.0 Å². The first kappa shape index (κ1) is 11.7. The van der Waals surface area contributed by atoms with Crippen LogP contribution in [0, 0.1) is 6.92 Å². The Morgan fingerprint density at radius 3 is 2.94 bits per heavy atom. The maximum atomic E-state index is 11.2. The molecule has 0 unspecified atom stereocenters. The first-order chi connectivity index (χ1) is 8.13. The third kappa shape index (κ3) is 3.32. The fourth-order valence-electron chi connectivity index (χ4n) is 1.34. The van der Waals surface area contributed by atoms with Gasteiger partial charge in [0.15, 0.2) is 5.16 Å². The molecule has 6 heteroatoms. The number of hydrogen-bond acceptors (Lipinski definition) is 5. The molecular formula is C11H12N4OS. The van der Waals surface area contributed by atoms with E-state index in [9.17, 15) is 4.79 Å². The lowest BCUT2D eigenvalue weighted by Crippen LogP contribution is -2.08. The highest BCUT2D eigenvalue weighted by atomic mass is 32.2. The fourth-order valence-corrected chi connectivity index (χ4v) is 2.17. The van der Waals surface area contributed by atoms with E-state index in [0.717, 1.165) is 5.69 Å². The van der Waals surface area contributed by atoms with Crippen LogP contribution in [0.2, 0.25) is 0 Å². The number of H-pyrrole nitrogens is 1. The number of nitrogens with one attached hydrogen (secondary N) is 1. The van der Waals surface area contributed by atoms with Crippen molar-refractivity contribution in [2.24, 2.45) is 0 Å². The van der Waals surface area contributed by atoms with Crippen molar-refractivity contribution in [1.82, 2.24) is 15.0 Å². The third-order valence-corrected chi connectivity index (χ3v) is 2.94. The average molecular weight is 248 g/mol. The molecule has 0 saturated heterocycles. The van der Waals surface area contributed by atoms with Crippen molar-refractivity contribution in [2.45, 2.75) is 17.8 Å². The summed E-state index contributed by atoms with van der Waals surface area (Å²) in [6, 6.07) is 6.94. The highest BCUT2D eigenvalue weighted by Crippen LogP contribution is 2.17. The molecule has 0 radical (unpaired) electrons. The zero-order chi connectivity index (χ0) is 12.3. The third-order valence-electron chi connectivity index (χ3n) is 2.03. The van der Waals surface area contributed by atoms with Gasteiger partial charge in [0.05, 0.1) is 5.69 Å². The molecule has 0 aliphatic heterocycles. The molecule has 0 aliphatic rings. The molecule has 2 heterocycles. The highest BCUT2D eigenvalue weighted by Gasteiger charge is 2.01. The Morgan fingerprint density at radius 1 is 1.41 bits per heavy atom. The van der Waals surface area contributed by atoms with Gasteiger partial charge in [-0.15, -0.1) is 0 Å². The first-order valence-electron chi connectivity index (χ1n) is 5.05. The summed E-state index contributed by atoms with van der Waals surface area (Å²) in [5.74, 6) is 1.12. The van der Waals surface area contributed by atoms with Gasteiger partial charge in [-0.3, -0.25) is 4.79 Å². The molecular weight excluding hydrogens is 236 g/mol. The van der Waals surface area contributed by atoms with Crippen LogP contribution in [0.5, 0.6) is 0 Å². The molecule has 5 nitrogen and oxygen atoms in total. The summed E-state index contributed by atoms with van der Waals surface area (Å²) in [7, 11) is 0. The predicted octanol–water partition coefficient (Wildman–Crippen LogP) is 1.35. The standard InChI is InChI=1S/C11H12N4OS/c1-7-5-10(16)15-11(13-7)17-6-8-3-2-4-9(12)14-8/h2-5H,6H2,1H3,(H2,12,14)(H,13,15,16). The van der Waals surface area contributed by atoms with Crippen LogP contribution in [0.3, 0.4) is 0 Å². The van der Waals surface area contributed by atoms with Crippen LogP contribution in [0.15, 0.2) is 34.2 Å². The fraction of sp³-hybridized carbons (Fsp3) is 0.182. The number of nitrogens with zero attached hydrogens (tertiary/aromatic N) is 2. The molecule has 0 amide bonds. The van der Waals surface area contributed by atoms with Gasteiger partial charge >= 0.3 is 0 Å². The normalized spacial score (nSPS) is 10.4. The molecule has 2 aromatic rings. The number of aryl methyl sites for hydroxylation is 1. The van der Waals surface area contributed by atoms with Crippen LogP contribution in [-0.4, -0.2) is 15.0 Å². The Labute approximate surface area is 103 Å². The Kier molecular flexibility index (Phi) is 3.43.